The number of carbonyl (C=O) groups excluding carboxylic acids is 2. The minimum atomic E-state index is -0.264. The zero-order valence-electron chi connectivity index (χ0n) is 12.4. The van der Waals surface area contributed by atoms with E-state index in [9.17, 15) is 9.59 Å². The Morgan fingerprint density at radius 3 is 1.41 bits per heavy atom. The zero-order valence-corrected chi connectivity index (χ0v) is 14.7. The maximum absolute atomic E-state index is 11.8. The van der Waals surface area contributed by atoms with Crippen molar-refractivity contribution in [2.45, 2.75) is 6.92 Å². The quantitative estimate of drug-likeness (QED) is 0.376. The molecule has 0 radical (unpaired) electrons. The van der Waals surface area contributed by atoms with Gasteiger partial charge in [0.15, 0.2) is 0 Å². The van der Waals surface area contributed by atoms with Gasteiger partial charge in [-0.3, -0.25) is 0 Å². The molecule has 0 amide bonds. The van der Waals surface area contributed by atoms with Gasteiger partial charge in [-0.05, 0) is 0 Å². The first-order chi connectivity index (χ1) is 10.0. The summed E-state index contributed by atoms with van der Waals surface area (Å²) in [5.74, 6) is -0.529. The van der Waals surface area contributed by atoms with Crippen molar-refractivity contribution in [3.8, 4) is 0 Å². The SMILES string of the molecule is C=C([CH2-])C.O=C([CH-]C(=O)c1ccccc1)c1ccccc1.[Pt+2]. The predicted molar refractivity (Wildman–Crippen MR) is 86.0 cm³/mol. The molecule has 2 nitrogen and oxygen atoms in total. The Hall–Kier alpha value is -2.05. The molecular weight excluding hydrogens is 455 g/mol. The molecular formula is C19H18O2Pt. The van der Waals surface area contributed by atoms with Crippen LogP contribution in [0.5, 0.6) is 0 Å². The third kappa shape index (κ3) is 7.66. The van der Waals surface area contributed by atoms with Crippen LogP contribution in [0.25, 0.3) is 0 Å². The normalized spacial score (nSPS) is 8.59. The van der Waals surface area contributed by atoms with Gasteiger partial charge in [0.1, 0.15) is 0 Å². The van der Waals surface area contributed by atoms with Crippen molar-refractivity contribution < 1.29 is 30.7 Å². The van der Waals surface area contributed by atoms with E-state index in [2.05, 4.69) is 13.5 Å². The van der Waals surface area contributed by atoms with Crippen LogP contribution in [0.2, 0.25) is 0 Å². The molecule has 0 aromatic heterocycles. The van der Waals surface area contributed by atoms with Crippen LogP contribution in [-0.4, -0.2) is 11.6 Å². The monoisotopic (exact) mass is 473 g/mol. The van der Waals surface area contributed by atoms with E-state index in [4.69, 9.17) is 0 Å². The number of Topliss-reactive ketones (excluding diaryl/α,β-unsaturated/α-hetero) is 2. The van der Waals surface area contributed by atoms with Crippen LogP contribution in [0.15, 0.2) is 72.8 Å². The second kappa shape index (κ2) is 10.6. The van der Waals surface area contributed by atoms with Crippen molar-refractivity contribution in [1.82, 2.24) is 0 Å². The Balaban J connectivity index is 0.000000791. The molecule has 0 saturated heterocycles. The third-order valence-corrected chi connectivity index (χ3v) is 2.38. The first-order valence-electron chi connectivity index (χ1n) is 6.51. The van der Waals surface area contributed by atoms with Gasteiger partial charge in [-0.15, -0.1) is 24.3 Å². The van der Waals surface area contributed by atoms with E-state index in [1.165, 1.54) is 0 Å². The average Bonchev–Trinajstić information content (AvgIpc) is 2.48. The summed E-state index contributed by atoms with van der Waals surface area (Å²) in [6.45, 7) is 8.75. The van der Waals surface area contributed by atoms with E-state index in [-0.39, 0.29) is 32.6 Å². The molecule has 2 aromatic carbocycles. The second-order valence-electron chi connectivity index (χ2n) is 4.56. The summed E-state index contributed by atoms with van der Waals surface area (Å²) in [4.78, 5) is 23.5. The topological polar surface area (TPSA) is 34.1 Å². The number of ketones is 2. The van der Waals surface area contributed by atoms with Crippen LogP contribution in [0.4, 0.5) is 0 Å². The number of rotatable bonds is 4. The van der Waals surface area contributed by atoms with Crippen molar-refractivity contribution >= 4 is 11.6 Å². The van der Waals surface area contributed by atoms with Crippen LogP contribution in [0, 0.1) is 13.3 Å². The van der Waals surface area contributed by atoms with Gasteiger partial charge in [-0.2, -0.15) is 0 Å². The van der Waals surface area contributed by atoms with Crippen LogP contribution in [-0.2, 0) is 21.1 Å². The average molecular weight is 473 g/mol. The molecule has 0 aliphatic carbocycles. The molecule has 0 fully saturated rings. The summed E-state index contributed by atoms with van der Waals surface area (Å²) in [6, 6.07) is 17.5. The van der Waals surface area contributed by atoms with E-state index < -0.39 is 0 Å². The largest absolute Gasteiger partial charge is 2.00 e. The molecule has 0 aliphatic rings. The Kier molecular flexibility index (Phi) is 9.65. The fourth-order valence-corrected chi connectivity index (χ4v) is 1.49. The summed E-state index contributed by atoms with van der Waals surface area (Å²) >= 11 is 0. The number of hydrogen-bond donors (Lipinski definition) is 0. The van der Waals surface area contributed by atoms with Gasteiger partial charge in [0, 0.05) is 0 Å². The van der Waals surface area contributed by atoms with Gasteiger partial charge in [0.25, 0.3) is 0 Å². The minimum Gasteiger partial charge on any atom is -0.318 e. The summed E-state index contributed by atoms with van der Waals surface area (Å²) in [6.07, 6.45) is 1.13. The van der Waals surface area contributed by atoms with Gasteiger partial charge in [-0.25, -0.2) is 19.1 Å². The zero-order chi connectivity index (χ0) is 15.7. The molecule has 116 valence electrons. The van der Waals surface area contributed by atoms with Crippen molar-refractivity contribution in [2.75, 3.05) is 0 Å². The van der Waals surface area contributed by atoms with Crippen molar-refractivity contribution in [2.24, 2.45) is 0 Å². The Morgan fingerprint density at radius 2 is 1.14 bits per heavy atom. The Labute approximate surface area is 146 Å². The second-order valence-corrected chi connectivity index (χ2v) is 4.56. The summed E-state index contributed by atoms with van der Waals surface area (Å²) in [5, 5.41) is 0. The molecule has 0 N–H and O–H groups in total. The van der Waals surface area contributed by atoms with Crippen LogP contribution >= 0.6 is 0 Å². The molecule has 0 atom stereocenters. The van der Waals surface area contributed by atoms with Gasteiger partial charge in [-0.1, -0.05) is 60.9 Å². The van der Waals surface area contributed by atoms with Gasteiger partial charge < -0.3 is 9.59 Å². The van der Waals surface area contributed by atoms with Crippen LogP contribution < -0.4 is 0 Å². The van der Waals surface area contributed by atoms with Gasteiger partial charge in [0.2, 0.25) is 0 Å². The smallest absolute Gasteiger partial charge is 0.318 e. The van der Waals surface area contributed by atoms with E-state index >= 15 is 0 Å². The molecule has 0 heterocycles. The Bertz CT molecular complexity index is 550. The molecule has 2 aromatic rings. The standard InChI is InChI=1S/C15H11O2.C4H7.Pt/c16-14(12-7-3-1-4-8-12)11-15(17)13-9-5-2-6-10-13;1-4(2)3;/h1-11H;1-2H2,3H3;/q2*-1;+2. The maximum Gasteiger partial charge on any atom is 2.00 e. The summed E-state index contributed by atoms with van der Waals surface area (Å²) < 4.78 is 0. The van der Waals surface area contributed by atoms with E-state index in [0.29, 0.717) is 11.1 Å². The third-order valence-electron chi connectivity index (χ3n) is 2.38. The molecule has 0 saturated carbocycles. The minimum absolute atomic E-state index is 0. The Morgan fingerprint density at radius 1 is 0.864 bits per heavy atom. The number of allylic oxidation sites excluding steroid dienone is 1. The maximum atomic E-state index is 11.8. The van der Waals surface area contributed by atoms with E-state index in [1.54, 1.807) is 48.5 Å². The number of benzene rings is 2. The summed E-state index contributed by atoms with van der Waals surface area (Å²) in [5.41, 5.74) is 1.97. The molecule has 2 rings (SSSR count). The molecule has 3 heteroatoms. The first-order valence-corrected chi connectivity index (χ1v) is 6.51. The summed E-state index contributed by atoms with van der Waals surface area (Å²) in [7, 11) is 0. The fourth-order valence-electron chi connectivity index (χ4n) is 1.49. The van der Waals surface area contributed by atoms with Crippen LogP contribution in [0.3, 0.4) is 0 Å². The number of carbonyl (C=O) groups is 2. The number of hydrogen-bond acceptors (Lipinski definition) is 2. The molecule has 0 spiro atoms. The first kappa shape index (κ1) is 19.9. The van der Waals surface area contributed by atoms with Crippen molar-refractivity contribution in [1.29, 1.82) is 0 Å². The van der Waals surface area contributed by atoms with Crippen molar-refractivity contribution in [3.63, 3.8) is 0 Å². The molecule has 22 heavy (non-hydrogen) atoms. The fraction of sp³-hybridized carbons (Fsp3) is 0.0526. The molecule has 0 bridgehead atoms. The predicted octanol–water partition coefficient (Wildman–Crippen LogP) is 4.35. The molecule has 0 unspecified atom stereocenters. The van der Waals surface area contributed by atoms with Crippen LogP contribution in [0.1, 0.15) is 27.6 Å². The van der Waals surface area contributed by atoms with Gasteiger partial charge >= 0.3 is 21.1 Å². The van der Waals surface area contributed by atoms with E-state index in [0.717, 1.165) is 12.0 Å². The van der Waals surface area contributed by atoms with E-state index in [1.807, 2.05) is 19.1 Å². The molecule has 0 aliphatic heterocycles. The van der Waals surface area contributed by atoms with Gasteiger partial charge in [0.05, 0.1) is 11.6 Å². The van der Waals surface area contributed by atoms with Crippen molar-refractivity contribution in [3.05, 3.63) is 97.3 Å².